The monoisotopic (exact) mass is 384 g/mol. The van der Waals surface area contributed by atoms with E-state index in [2.05, 4.69) is 0 Å². The van der Waals surface area contributed by atoms with Gasteiger partial charge in [0.15, 0.2) is 6.10 Å². The van der Waals surface area contributed by atoms with Crippen LogP contribution >= 0.6 is 0 Å². The van der Waals surface area contributed by atoms with Crippen molar-refractivity contribution >= 4 is 10.9 Å². The molecular formula is C24H20N2O3. The van der Waals surface area contributed by atoms with Crippen LogP contribution < -0.4 is 4.74 Å². The molecule has 0 unspecified atom stereocenters. The fourth-order valence-electron chi connectivity index (χ4n) is 4.52. The smallest absolute Gasteiger partial charge is 0.264 e. The molecule has 5 rings (SSSR count). The summed E-state index contributed by atoms with van der Waals surface area (Å²) in [6, 6.07) is 24.3. The van der Waals surface area contributed by atoms with Crippen LogP contribution in [0, 0.1) is 10.1 Å². The van der Waals surface area contributed by atoms with Crippen LogP contribution in [0.2, 0.25) is 0 Å². The van der Waals surface area contributed by atoms with Gasteiger partial charge in [-0.3, -0.25) is 10.1 Å². The number of ether oxygens (including phenoxy) is 1. The van der Waals surface area contributed by atoms with Gasteiger partial charge in [-0.1, -0.05) is 66.7 Å². The van der Waals surface area contributed by atoms with Gasteiger partial charge < -0.3 is 9.30 Å². The summed E-state index contributed by atoms with van der Waals surface area (Å²) in [7, 11) is 1.98. The molecule has 3 atom stereocenters. The van der Waals surface area contributed by atoms with Crippen molar-refractivity contribution in [3.05, 3.63) is 112 Å². The molecule has 0 spiro atoms. The van der Waals surface area contributed by atoms with Crippen molar-refractivity contribution in [1.29, 1.82) is 0 Å². The van der Waals surface area contributed by atoms with E-state index in [1.165, 1.54) is 0 Å². The molecular weight excluding hydrogens is 364 g/mol. The Kier molecular flexibility index (Phi) is 4.09. The second kappa shape index (κ2) is 6.78. The highest BCUT2D eigenvalue weighted by molar-refractivity contribution is 5.85. The third-order valence-corrected chi connectivity index (χ3v) is 5.79. The Balaban J connectivity index is 1.78. The lowest BCUT2D eigenvalue weighted by Crippen LogP contribution is -2.40. The molecule has 0 aliphatic carbocycles. The van der Waals surface area contributed by atoms with Gasteiger partial charge in [0, 0.05) is 34.6 Å². The Morgan fingerprint density at radius 1 is 0.897 bits per heavy atom. The van der Waals surface area contributed by atoms with E-state index < -0.39 is 18.1 Å². The number of rotatable bonds is 3. The quantitative estimate of drug-likeness (QED) is 0.365. The summed E-state index contributed by atoms with van der Waals surface area (Å²) in [5.41, 5.74) is 3.69. The Labute approximate surface area is 168 Å². The molecule has 3 aromatic carbocycles. The standard InChI is InChI=1S/C24H20N2O3/c1-25-15-19(17-11-5-7-13-20(17)25)22-18-12-6-8-14-21(18)29-24(23(22)26(27)28)16-9-3-2-4-10-16/h2-15,22-24H,1H3/t22-,23-,24-/m0/s1. The highest BCUT2D eigenvalue weighted by Gasteiger charge is 2.48. The average Bonchev–Trinajstić information content (AvgIpc) is 3.09. The van der Waals surface area contributed by atoms with E-state index in [0.29, 0.717) is 5.75 Å². The first kappa shape index (κ1) is 17.5. The largest absolute Gasteiger partial charge is 0.478 e. The highest BCUT2D eigenvalue weighted by Crippen LogP contribution is 2.48. The Morgan fingerprint density at radius 3 is 2.38 bits per heavy atom. The van der Waals surface area contributed by atoms with Crippen molar-refractivity contribution in [3.8, 4) is 5.75 Å². The van der Waals surface area contributed by atoms with E-state index in [1.807, 2.05) is 96.7 Å². The summed E-state index contributed by atoms with van der Waals surface area (Å²) < 4.78 is 8.25. The van der Waals surface area contributed by atoms with Crippen LogP contribution in [0.25, 0.3) is 10.9 Å². The van der Waals surface area contributed by atoms with Gasteiger partial charge in [0.25, 0.3) is 6.04 Å². The molecule has 1 aliphatic rings. The number of benzene rings is 3. The third kappa shape index (κ3) is 2.78. The van der Waals surface area contributed by atoms with Gasteiger partial charge in [0.2, 0.25) is 0 Å². The molecule has 0 bridgehead atoms. The van der Waals surface area contributed by atoms with Crippen molar-refractivity contribution in [2.75, 3.05) is 0 Å². The highest BCUT2D eigenvalue weighted by atomic mass is 16.6. The molecule has 1 aromatic heterocycles. The van der Waals surface area contributed by atoms with Gasteiger partial charge in [0.05, 0.1) is 5.92 Å². The Hall–Kier alpha value is -3.60. The molecule has 144 valence electrons. The van der Waals surface area contributed by atoms with Crippen molar-refractivity contribution in [2.45, 2.75) is 18.1 Å². The number of hydrogen-bond donors (Lipinski definition) is 0. The number of para-hydroxylation sites is 2. The molecule has 0 saturated heterocycles. The lowest BCUT2D eigenvalue weighted by Gasteiger charge is -2.34. The van der Waals surface area contributed by atoms with Crippen LogP contribution in [0.3, 0.4) is 0 Å². The predicted molar refractivity (Wildman–Crippen MR) is 112 cm³/mol. The number of aromatic nitrogens is 1. The number of hydrogen-bond acceptors (Lipinski definition) is 3. The van der Waals surface area contributed by atoms with Crippen LogP contribution in [-0.4, -0.2) is 15.5 Å². The number of nitrogens with zero attached hydrogens (tertiary/aromatic N) is 2. The van der Waals surface area contributed by atoms with Gasteiger partial charge in [-0.2, -0.15) is 0 Å². The topological polar surface area (TPSA) is 57.3 Å². The van der Waals surface area contributed by atoms with E-state index in [1.54, 1.807) is 0 Å². The van der Waals surface area contributed by atoms with E-state index >= 15 is 0 Å². The minimum Gasteiger partial charge on any atom is -0.478 e. The van der Waals surface area contributed by atoms with Crippen molar-refractivity contribution in [1.82, 2.24) is 4.57 Å². The summed E-state index contributed by atoms with van der Waals surface area (Å²) >= 11 is 0. The zero-order valence-electron chi connectivity index (χ0n) is 15.9. The molecule has 0 N–H and O–H groups in total. The molecule has 2 heterocycles. The third-order valence-electron chi connectivity index (χ3n) is 5.79. The Bertz CT molecular complexity index is 1200. The zero-order chi connectivity index (χ0) is 20.0. The van der Waals surface area contributed by atoms with Gasteiger partial charge >= 0.3 is 0 Å². The molecule has 0 radical (unpaired) electrons. The van der Waals surface area contributed by atoms with Crippen LogP contribution in [0.4, 0.5) is 0 Å². The van der Waals surface area contributed by atoms with Gasteiger partial charge in [-0.15, -0.1) is 0 Å². The molecule has 4 aromatic rings. The second-order valence-electron chi connectivity index (χ2n) is 7.45. The Morgan fingerprint density at radius 2 is 1.59 bits per heavy atom. The summed E-state index contributed by atoms with van der Waals surface area (Å²) in [6.07, 6.45) is 1.36. The number of nitro groups is 1. The summed E-state index contributed by atoms with van der Waals surface area (Å²) in [5.74, 6) is 0.295. The molecule has 0 amide bonds. The first-order chi connectivity index (χ1) is 14.1. The molecule has 0 saturated carbocycles. The maximum atomic E-state index is 12.4. The molecule has 5 heteroatoms. The maximum absolute atomic E-state index is 12.4. The number of fused-ring (bicyclic) bond motifs is 2. The zero-order valence-corrected chi connectivity index (χ0v) is 15.9. The minimum atomic E-state index is -0.932. The van der Waals surface area contributed by atoms with Gasteiger partial charge in [-0.25, -0.2) is 0 Å². The first-order valence-corrected chi connectivity index (χ1v) is 9.63. The fraction of sp³-hybridized carbons (Fsp3) is 0.167. The van der Waals surface area contributed by atoms with Crippen molar-refractivity contribution in [3.63, 3.8) is 0 Å². The maximum Gasteiger partial charge on any atom is 0.264 e. The summed E-state index contributed by atoms with van der Waals surface area (Å²) in [4.78, 5) is 12.2. The summed E-state index contributed by atoms with van der Waals surface area (Å²) in [6.45, 7) is 0. The lowest BCUT2D eigenvalue weighted by atomic mass is 9.78. The van der Waals surface area contributed by atoms with E-state index in [-0.39, 0.29) is 4.92 Å². The normalized spacial score (nSPS) is 20.8. The fourth-order valence-corrected chi connectivity index (χ4v) is 4.52. The average molecular weight is 384 g/mol. The van der Waals surface area contributed by atoms with E-state index in [4.69, 9.17) is 4.74 Å². The summed E-state index contributed by atoms with van der Waals surface area (Å²) in [5, 5.41) is 13.4. The lowest BCUT2D eigenvalue weighted by molar-refractivity contribution is -0.538. The van der Waals surface area contributed by atoms with Gasteiger partial charge in [-0.05, 0) is 23.3 Å². The SMILES string of the molecule is Cn1cc([C@@H]2c3ccccc3O[C@@H](c3ccccc3)[C@H]2[N+](=O)[O-])c2ccccc21. The van der Waals surface area contributed by atoms with Crippen molar-refractivity contribution < 1.29 is 9.66 Å². The number of aryl methyl sites for hydroxylation is 1. The molecule has 29 heavy (non-hydrogen) atoms. The van der Waals surface area contributed by atoms with E-state index in [0.717, 1.165) is 27.6 Å². The second-order valence-corrected chi connectivity index (χ2v) is 7.45. The first-order valence-electron chi connectivity index (χ1n) is 9.63. The molecule has 5 nitrogen and oxygen atoms in total. The van der Waals surface area contributed by atoms with Crippen LogP contribution in [-0.2, 0) is 7.05 Å². The predicted octanol–water partition coefficient (Wildman–Crippen LogP) is 5.09. The van der Waals surface area contributed by atoms with E-state index in [9.17, 15) is 10.1 Å². The van der Waals surface area contributed by atoms with Crippen LogP contribution in [0.1, 0.15) is 28.7 Å². The molecule has 0 fully saturated rings. The van der Waals surface area contributed by atoms with Crippen molar-refractivity contribution in [2.24, 2.45) is 7.05 Å². The van der Waals surface area contributed by atoms with Gasteiger partial charge in [0.1, 0.15) is 5.75 Å². The molecule has 1 aliphatic heterocycles. The minimum absolute atomic E-state index is 0.181. The van der Waals surface area contributed by atoms with Crippen LogP contribution in [0.15, 0.2) is 85.1 Å². The van der Waals surface area contributed by atoms with Crippen LogP contribution in [0.5, 0.6) is 5.75 Å².